The Labute approximate surface area is 139 Å². The van der Waals surface area contributed by atoms with Crippen molar-refractivity contribution >= 4 is 42.9 Å². The lowest BCUT2D eigenvalue weighted by atomic mass is 10.1. The molecule has 0 aromatic heterocycles. The predicted molar refractivity (Wildman–Crippen MR) is 88.1 cm³/mol. The molecule has 2 heterocycles. The number of hydrogen-bond donors (Lipinski definition) is 0. The molecule has 2 fully saturated rings. The molecule has 1 atom stereocenters. The van der Waals surface area contributed by atoms with Crippen LogP contribution in [0.2, 0.25) is 0 Å². The number of hydrogen-bond acceptors (Lipinski definition) is 4. The van der Waals surface area contributed by atoms with Gasteiger partial charge in [-0.3, -0.25) is 9.59 Å². The normalized spacial score (nSPS) is 22.2. The highest BCUT2D eigenvalue weighted by molar-refractivity contribution is 8.13. The second-order valence-electron chi connectivity index (χ2n) is 5.95. The molecule has 0 N–H and O–H groups in total. The molecule has 2 aliphatic heterocycles. The van der Waals surface area contributed by atoms with Crippen molar-refractivity contribution in [2.75, 3.05) is 28.6 Å². The molecule has 2 aliphatic rings. The van der Waals surface area contributed by atoms with E-state index in [1.807, 2.05) is 12.1 Å². The van der Waals surface area contributed by atoms with Gasteiger partial charge in [0.15, 0.2) is 0 Å². The first kappa shape index (κ1) is 16.3. The zero-order valence-electron chi connectivity index (χ0n) is 12.4. The Hall–Kier alpha value is -1.60. The molecule has 2 amide bonds. The van der Waals surface area contributed by atoms with Gasteiger partial charge >= 0.3 is 0 Å². The summed E-state index contributed by atoms with van der Waals surface area (Å²) in [5.41, 5.74) is 1.53. The second-order valence-corrected chi connectivity index (χ2v) is 8.77. The number of anilines is 2. The van der Waals surface area contributed by atoms with Crippen molar-refractivity contribution in [1.82, 2.24) is 0 Å². The minimum Gasteiger partial charge on any atom is -0.312 e. The van der Waals surface area contributed by atoms with Crippen LogP contribution < -0.4 is 9.80 Å². The Kier molecular flexibility index (Phi) is 4.33. The van der Waals surface area contributed by atoms with Crippen molar-refractivity contribution < 1.29 is 18.0 Å². The standard InChI is InChI=1S/C15H17ClN2O4S/c16-23(21,22)10-11-8-15(20)18(9-11)13-5-3-12(4-6-13)17-7-1-2-14(17)19/h3-6,11H,1-2,7-10H2. The number of carbonyl (C=O) groups is 2. The number of carbonyl (C=O) groups excluding carboxylic acids is 2. The van der Waals surface area contributed by atoms with E-state index in [4.69, 9.17) is 10.7 Å². The lowest BCUT2D eigenvalue weighted by Gasteiger charge is -2.19. The van der Waals surface area contributed by atoms with E-state index in [0.717, 1.165) is 18.7 Å². The monoisotopic (exact) mass is 356 g/mol. The van der Waals surface area contributed by atoms with E-state index in [-0.39, 0.29) is 29.9 Å². The van der Waals surface area contributed by atoms with Crippen LogP contribution in [0.25, 0.3) is 0 Å². The molecule has 8 heteroatoms. The van der Waals surface area contributed by atoms with Crippen molar-refractivity contribution in [3.63, 3.8) is 0 Å². The largest absolute Gasteiger partial charge is 0.312 e. The molecule has 124 valence electrons. The minimum atomic E-state index is -3.61. The summed E-state index contributed by atoms with van der Waals surface area (Å²) < 4.78 is 22.3. The first-order valence-electron chi connectivity index (χ1n) is 7.46. The Morgan fingerprint density at radius 3 is 2.17 bits per heavy atom. The van der Waals surface area contributed by atoms with E-state index in [1.165, 1.54) is 0 Å². The van der Waals surface area contributed by atoms with Crippen LogP contribution >= 0.6 is 10.7 Å². The molecular weight excluding hydrogens is 340 g/mol. The van der Waals surface area contributed by atoms with Gasteiger partial charge in [0.2, 0.25) is 20.9 Å². The summed E-state index contributed by atoms with van der Waals surface area (Å²) in [4.78, 5) is 27.1. The fourth-order valence-electron chi connectivity index (χ4n) is 3.16. The SMILES string of the molecule is O=C1CCCN1c1ccc(N2CC(CS(=O)(=O)Cl)CC2=O)cc1. The Balaban J connectivity index is 1.72. The predicted octanol–water partition coefficient (Wildman–Crippen LogP) is 1.73. The van der Waals surface area contributed by atoms with Crippen LogP contribution in [-0.4, -0.2) is 39.1 Å². The van der Waals surface area contributed by atoms with E-state index < -0.39 is 9.05 Å². The molecule has 1 aromatic rings. The summed E-state index contributed by atoms with van der Waals surface area (Å²) in [5.74, 6) is -0.482. The van der Waals surface area contributed by atoms with E-state index >= 15 is 0 Å². The molecular formula is C15H17ClN2O4S. The summed E-state index contributed by atoms with van der Waals surface area (Å²) in [5, 5.41) is 0. The summed E-state index contributed by atoms with van der Waals surface area (Å²) in [6.45, 7) is 1.06. The first-order chi connectivity index (χ1) is 10.8. The Bertz CT molecular complexity index is 732. The van der Waals surface area contributed by atoms with Crippen molar-refractivity contribution in [2.45, 2.75) is 19.3 Å². The van der Waals surface area contributed by atoms with Gasteiger partial charge in [0.05, 0.1) is 5.75 Å². The molecule has 23 heavy (non-hydrogen) atoms. The molecule has 1 aromatic carbocycles. The van der Waals surface area contributed by atoms with E-state index in [1.54, 1.807) is 21.9 Å². The molecule has 3 rings (SSSR count). The third-order valence-electron chi connectivity index (χ3n) is 4.19. The minimum absolute atomic E-state index is 0.111. The Morgan fingerprint density at radius 1 is 1.04 bits per heavy atom. The third kappa shape index (κ3) is 3.67. The molecule has 1 unspecified atom stereocenters. The molecule has 6 nitrogen and oxygen atoms in total. The van der Waals surface area contributed by atoms with Gasteiger partial charge in [-0.05, 0) is 30.7 Å². The maximum absolute atomic E-state index is 12.1. The lowest BCUT2D eigenvalue weighted by molar-refractivity contribution is -0.118. The van der Waals surface area contributed by atoms with Crippen LogP contribution in [0.4, 0.5) is 11.4 Å². The maximum atomic E-state index is 12.1. The summed E-state index contributed by atoms with van der Waals surface area (Å²) in [7, 11) is 1.66. The fraction of sp³-hybridized carbons (Fsp3) is 0.467. The van der Waals surface area contributed by atoms with Gasteiger partial charge in [0, 0.05) is 53.9 Å². The molecule has 0 radical (unpaired) electrons. The quantitative estimate of drug-likeness (QED) is 0.770. The highest BCUT2D eigenvalue weighted by Gasteiger charge is 2.33. The van der Waals surface area contributed by atoms with Crippen LogP contribution in [0.3, 0.4) is 0 Å². The van der Waals surface area contributed by atoms with E-state index in [0.29, 0.717) is 18.7 Å². The first-order valence-corrected chi connectivity index (χ1v) is 9.94. The summed E-state index contributed by atoms with van der Waals surface area (Å²) in [6, 6.07) is 7.21. The van der Waals surface area contributed by atoms with Crippen molar-refractivity contribution in [1.29, 1.82) is 0 Å². The summed E-state index contributed by atoms with van der Waals surface area (Å²) in [6.07, 6.45) is 1.61. The van der Waals surface area contributed by atoms with Crippen LogP contribution in [-0.2, 0) is 18.6 Å². The van der Waals surface area contributed by atoms with Crippen molar-refractivity contribution in [3.8, 4) is 0 Å². The molecule has 2 saturated heterocycles. The summed E-state index contributed by atoms with van der Waals surface area (Å²) >= 11 is 0. The van der Waals surface area contributed by atoms with E-state index in [2.05, 4.69) is 0 Å². The van der Waals surface area contributed by atoms with Gasteiger partial charge in [-0.25, -0.2) is 8.42 Å². The Morgan fingerprint density at radius 2 is 1.65 bits per heavy atom. The molecule has 0 bridgehead atoms. The topological polar surface area (TPSA) is 74.8 Å². The van der Waals surface area contributed by atoms with Crippen LogP contribution in [0, 0.1) is 5.92 Å². The zero-order valence-corrected chi connectivity index (χ0v) is 14.0. The van der Waals surface area contributed by atoms with Gasteiger partial charge in [0.25, 0.3) is 0 Å². The van der Waals surface area contributed by atoms with Gasteiger partial charge in [-0.2, -0.15) is 0 Å². The maximum Gasteiger partial charge on any atom is 0.232 e. The van der Waals surface area contributed by atoms with Crippen LogP contribution in [0.5, 0.6) is 0 Å². The van der Waals surface area contributed by atoms with Crippen LogP contribution in [0.1, 0.15) is 19.3 Å². The average molecular weight is 357 g/mol. The van der Waals surface area contributed by atoms with Crippen molar-refractivity contribution in [3.05, 3.63) is 24.3 Å². The van der Waals surface area contributed by atoms with E-state index in [9.17, 15) is 18.0 Å². The molecule has 0 spiro atoms. The van der Waals surface area contributed by atoms with Gasteiger partial charge in [-0.1, -0.05) is 0 Å². The number of amides is 2. The van der Waals surface area contributed by atoms with Crippen molar-refractivity contribution in [2.24, 2.45) is 5.92 Å². The molecule has 0 saturated carbocycles. The van der Waals surface area contributed by atoms with Crippen LogP contribution in [0.15, 0.2) is 24.3 Å². The average Bonchev–Trinajstić information content (AvgIpc) is 3.03. The number of rotatable bonds is 4. The smallest absolute Gasteiger partial charge is 0.232 e. The molecule has 0 aliphatic carbocycles. The van der Waals surface area contributed by atoms with Gasteiger partial charge in [0.1, 0.15) is 0 Å². The lowest BCUT2D eigenvalue weighted by Crippen LogP contribution is -2.26. The highest BCUT2D eigenvalue weighted by atomic mass is 35.7. The fourth-order valence-corrected chi connectivity index (χ4v) is 4.48. The zero-order chi connectivity index (χ0) is 16.6. The third-order valence-corrected chi connectivity index (χ3v) is 5.43. The van der Waals surface area contributed by atoms with Gasteiger partial charge < -0.3 is 9.80 Å². The number of benzene rings is 1. The van der Waals surface area contributed by atoms with Gasteiger partial charge in [-0.15, -0.1) is 0 Å². The number of halogens is 1. The highest BCUT2D eigenvalue weighted by Crippen LogP contribution is 2.29. The number of nitrogens with zero attached hydrogens (tertiary/aromatic N) is 2. The second kappa shape index (κ2) is 6.13.